The lowest BCUT2D eigenvalue weighted by Crippen LogP contribution is -2.55. The minimum atomic E-state index is -1.51. The number of hydrogen-bond donors (Lipinski definition) is 4. The maximum absolute atomic E-state index is 11.4. The van der Waals surface area contributed by atoms with Gasteiger partial charge in [0.2, 0.25) is 0 Å². The van der Waals surface area contributed by atoms with Gasteiger partial charge in [0.05, 0.1) is 13.2 Å². The van der Waals surface area contributed by atoms with Crippen molar-refractivity contribution in [2.24, 2.45) is 0 Å². The summed E-state index contributed by atoms with van der Waals surface area (Å²) in [5, 5.41) is 45.5. The highest BCUT2D eigenvalue weighted by Gasteiger charge is 2.44. The van der Waals surface area contributed by atoms with Gasteiger partial charge in [-0.05, 0) is 54.3 Å². The Hall–Kier alpha value is -2.95. The summed E-state index contributed by atoms with van der Waals surface area (Å²) in [6.07, 6.45) is -4.49. The quantitative estimate of drug-likeness (QED) is 0.369. The van der Waals surface area contributed by atoms with Gasteiger partial charge in [0.15, 0.2) is 0 Å². The van der Waals surface area contributed by atoms with Crippen molar-refractivity contribution >= 4 is 17.6 Å². The van der Waals surface area contributed by atoms with Gasteiger partial charge in [-0.3, -0.25) is 4.68 Å². The monoisotopic (exact) mass is 502 g/mol. The predicted octanol–water partition coefficient (Wildman–Crippen LogP) is 2.45. The Balaban J connectivity index is 1.56. The third-order valence-corrected chi connectivity index (χ3v) is 6.40. The van der Waals surface area contributed by atoms with E-state index in [2.05, 4.69) is 5.10 Å². The Morgan fingerprint density at radius 2 is 1.83 bits per heavy atom. The van der Waals surface area contributed by atoms with Crippen LogP contribution in [0.1, 0.15) is 40.2 Å². The van der Waals surface area contributed by atoms with Crippen molar-refractivity contribution < 1.29 is 34.7 Å². The maximum atomic E-state index is 11.4. The average Bonchev–Trinajstić information content (AvgIpc) is 3.31. The van der Waals surface area contributed by atoms with E-state index in [1.165, 1.54) is 16.9 Å². The number of rotatable bonds is 8. The summed E-state index contributed by atoms with van der Waals surface area (Å²) in [7, 11) is 0. The molecule has 5 atom stereocenters. The molecule has 0 aliphatic carbocycles. The van der Waals surface area contributed by atoms with Crippen LogP contribution < -0.4 is 4.74 Å². The van der Waals surface area contributed by atoms with Crippen LogP contribution in [-0.2, 0) is 17.7 Å². The lowest BCUT2D eigenvalue weighted by atomic mass is 9.90. The molecule has 2 heterocycles. The topological polar surface area (TPSA) is 134 Å². The molecule has 9 nitrogen and oxygen atoms in total. The Kier molecular flexibility index (Phi) is 7.73. The Morgan fingerprint density at radius 3 is 2.51 bits per heavy atom. The van der Waals surface area contributed by atoms with E-state index in [0.717, 1.165) is 16.9 Å². The molecule has 1 aromatic heterocycles. The van der Waals surface area contributed by atoms with Crippen molar-refractivity contribution in [2.45, 2.75) is 50.4 Å². The molecule has 3 aromatic rings. The summed E-state index contributed by atoms with van der Waals surface area (Å²) in [5.41, 5.74) is 2.28. The molecule has 0 radical (unpaired) electrons. The fourth-order valence-electron chi connectivity index (χ4n) is 4.20. The molecule has 1 aliphatic heterocycles. The van der Waals surface area contributed by atoms with Gasteiger partial charge in [-0.2, -0.15) is 5.10 Å². The van der Waals surface area contributed by atoms with E-state index in [9.17, 15) is 25.2 Å². The number of carboxylic acids is 1. The van der Waals surface area contributed by atoms with Crippen LogP contribution in [0.15, 0.2) is 54.7 Å². The van der Waals surface area contributed by atoms with Crippen LogP contribution in [0.25, 0.3) is 0 Å². The zero-order chi connectivity index (χ0) is 25.1. The molecule has 1 saturated heterocycles. The lowest BCUT2D eigenvalue weighted by Gasteiger charge is -2.41. The molecule has 4 rings (SSSR count). The highest BCUT2D eigenvalue weighted by molar-refractivity contribution is 6.31. The van der Waals surface area contributed by atoms with Gasteiger partial charge < -0.3 is 29.9 Å². The summed E-state index contributed by atoms with van der Waals surface area (Å²) in [4.78, 5) is 11.4. The summed E-state index contributed by atoms with van der Waals surface area (Å²) < 4.78 is 12.6. The first kappa shape index (κ1) is 25.2. The van der Waals surface area contributed by atoms with Crippen LogP contribution in [0.3, 0.4) is 0 Å². The number of benzene rings is 2. The largest absolute Gasteiger partial charge is 0.494 e. The smallest absolute Gasteiger partial charge is 0.354 e. The first-order valence-corrected chi connectivity index (χ1v) is 11.6. The molecule has 1 fully saturated rings. The van der Waals surface area contributed by atoms with Gasteiger partial charge in [0.25, 0.3) is 0 Å². The van der Waals surface area contributed by atoms with E-state index < -0.39 is 36.5 Å². The molecule has 10 heteroatoms. The molecule has 2 aromatic carbocycles. The highest BCUT2D eigenvalue weighted by Crippen LogP contribution is 2.35. The van der Waals surface area contributed by atoms with Crippen molar-refractivity contribution in [1.29, 1.82) is 0 Å². The number of ether oxygens (including phenoxy) is 2. The lowest BCUT2D eigenvalue weighted by molar-refractivity contribution is -0.228. The summed E-state index contributed by atoms with van der Waals surface area (Å²) in [5.74, 6) is -0.404. The van der Waals surface area contributed by atoms with Crippen molar-refractivity contribution in [2.75, 3.05) is 6.61 Å². The van der Waals surface area contributed by atoms with E-state index in [1.807, 2.05) is 31.2 Å². The number of aliphatic hydroxyl groups excluding tert-OH is 3. The first-order chi connectivity index (χ1) is 16.8. The van der Waals surface area contributed by atoms with Gasteiger partial charge in [0, 0.05) is 11.2 Å². The van der Waals surface area contributed by atoms with Gasteiger partial charge >= 0.3 is 5.97 Å². The van der Waals surface area contributed by atoms with Gasteiger partial charge in [-0.1, -0.05) is 35.9 Å². The molecule has 35 heavy (non-hydrogen) atoms. The van der Waals surface area contributed by atoms with Crippen LogP contribution >= 0.6 is 11.6 Å². The predicted molar refractivity (Wildman–Crippen MR) is 127 cm³/mol. The molecule has 4 N–H and O–H groups in total. The number of aromatic carboxylic acids is 1. The third-order valence-electron chi connectivity index (χ3n) is 6.03. The molecule has 0 unspecified atom stereocenters. The van der Waals surface area contributed by atoms with Crippen LogP contribution in [0.5, 0.6) is 5.75 Å². The van der Waals surface area contributed by atoms with Crippen molar-refractivity contribution in [3.63, 3.8) is 0 Å². The Bertz CT molecular complexity index is 1170. The third kappa shape index (κ3) is 5.50. The molecule has 0 bridgehead atoms. The minimum Gasteiger partial charge on any atom is -0.494 e. The number of aromatic nitrogens is 2. The molecular weight excluding hydrogens is 476 g/mol. The van der Waals surface area contributed by atoms with Crippen LogP contribution in [0, 0.1) is 0 Å². The number of halogens is 1. The van der Waals surface area contributed by atoms with E-state index in [1.54, 1.807) is 18.2 Å². The molecule has 0 saturated carbocycles. The number of aliphatic hydroxyl groups is 3. The minimum absolute atomic E-state index is 0.0814. The second-order valence-electron chi connectivity index (χ2n) is 8.38. The summed E-state index contributed by atoms with van der Waals surface area (Å²) in [6, 6.07) is 14.2. The van der Waals surface area contributed by atoms with E-state index >= 15 is 0 Å². The Morgan fingerprint density at radius 1 is 1.09 bits per heavy atom. The number of nitrogens with zero attached hydrogens (tertiary/aromatic N) is 2. The average molecular weight is 503 g/mol. The van der Waals surface area contributed by atoms with E-state index in [4.69, 9.17) is 21.1 Å². The van der Waals surface area contributed by atoms with E-state index in [0.29, 0.717) is 23.6 Å². The van der Waals surface area contributed by atoms with E-state index in [-0.39, 0.29) is 12.2 Å². The summed E-state index contributed by atoms with van der Waals surface area (Å²) in [6.45, 7) is 2.38. The number of carbonyl (C=O) groups is 1. The molecule has 0 amide bonds. The normalized spacial score (nSPS) is 24.3. The Labute approximate surface area is 207 Å². The first-order valence-electron chi connectivity index (χ1n) is 11.2. The SMILES string of the molecule is CCOc1ccc(Cc2cc([C@@H]3O[C@H](Cn4nccc4C(=O)O)[C@H](O)[C@@H](O)[C@H]3O)ccc2Cl)cc1. The van der Waals surface area contributed by atoms with Gasteiger partial charge in [0.1, 0.15) is 42.0 Å². The fourth-order valence-corrected chi connectivity index (χ4v) is 4.39. The summed E-state index contributed by atoms with van der Waals surface area (Å²) >= 11 is 6.44. The molecule has 0 spiro atoms. The van der Waals surface area contributed by atoms with Gasteiger partial charge in [-0.15, -0.1) is 0 Å². The number of hydrogen-bond acceptors (Lipinski definition) is 7. The number of carboxylic acid groups (broad SMARTS) is 1. The second kappa shape index (κ2) is 10.8. The maximum Gasteiger partial charge on any atom is 0.354 e. The van der Waals surface area contributed by atoms with Crippen LogP contribution in [0.2, 0.25) is 5.02 Å². The highest BCUT2D eigenvalue weighted by atomic mass is 35.5. The van der Waals surface area contributed by atoms with Crippen LogP contribution in [-0.4, -0.2) is 67.2 Å². The fraction of sp³-hybridized carbons (Fsp3) is 0.360. The van der Waals surface area contributed by atoms with Gasteiger partial charge in [-0.25, -0.2) is 4.79 Å². The van der Waals surface area contributed by atoms with Crippen molar-refractivity contribution in [3.05, 3.63) is 82.1 Å². The van der Waals surface area contributed by atoms with Crippen molar-refractivity contribution in [1.82, 2.24) is 9.78 Å². The molecular formula is C25H27ClN2O7. The molecule has 1 aliphatic rings. The zero-order valence-corrected chi connectivity index (χ0v) is 19.7. The zero-order valence-electron chi connectivity index (χ0n) is 19.0. The second-order valence-corrected chi connectivity index (χ2v) is 8.78. The van der Waals surface area contributed by atoms with Crippen LogP contribution in [0.4, 0.5) is 0 Å². The van der Waals surface area contributed by atoms with Crippen molar-refractivity contribution in [3.8, 4) is 5.75 Å². The molecule has 186 valence electrons. The standard InChI is InChI=1S/C25H27ClN2O7/c1-2-34-17-6-3-14(4-7-17)11-16-12-15(5-8-18(16)26)24-23(31)22(30)21(29)20(35-24)13-28-19(25(32)33)9-10-27-28/h3-10,12,20-24,29-31H,2,11,13H2,1H3,(H,32,33)/t20-,21+,22-,23-,24+/m1/s1.